The molecule has 1 amide bonds. The fraction of sp³-hybridized carbons (Fsp3) is 0.571. The average molecular weight is 267 g/mol. The Morgan fingerprint density at radius 2 is 2.33 bits per heavy atom. The maximum Gasteiger partial charge on any atom is 0.254 e. The van der Waals surface area contributed by atoms with Crippen LogP contribution in [0.5, 0.6) is 0 Å². The molecule has 1 heterocycles. The molecule has 2 rings (SSSR count). The second kappa shape index (κ2) is 6.19. The summed E-state index contributed by atoms with van der Waals surface area (Å²) in [6.45, 7) is 2.66. The van der Waals surface area contributed by atoms with Crippen molar-refractivity contribution in [1.82, 2.24) is 9.88 Å². The van der Waals surface area contributed by atoms with Gasteiger partial charge in [0, 0.05) is 35.9 Å². The molecule has 0 unspecified atom stereocenters. The van der Waals surface area contributed by atoms with Gasteiger partial charge in [0.05, 0.1) is 0 Å². The van der Waals surface area contributed by atoms with E-state index in [0.29, 0.717) is 11.9 Å². The third kappa shape index (κ3) is 3.02. The summed E-state index contributed by atoms with van der Waals surface area (Å²) in [6, 6.07) is 4.06. The Kier molecular flexibility index (Phi) is 4.59. The highest BCUT2D eigenvalue weighted by molar-refractivity contribution is 6.17. The molecule has 1 aromatic rings. The molecule has 0 spiro atoms. The Labute approximate surface area is 113 Å². The van der Waals surface area contributed by atoms with E-state index in [1.165, 1.54) is 6.42 Å². The van der Waals surface area contributed by atoms with Crippen LogP contribution in [0.25, 0.3) is 0 Å². The third-order valence-corrected chi connectivity index (χ3v) is 3.72. The van der Waals surface area contributed by atoms with Crippen molar-refractivity contribution < 1.29 is 4.79 Å². The van der Waals surface area contributed by atoms with Gasteiger partial charge in [0.1, 0.15) is 0 Å². The number of hydrogen-bond donors (Lipinski definition) is 0. The molecule has 1 aromatic heterocycles. The van der Waals surface area contributed by atoms with Crippen molar-refractivity contribution in [3.05, 3.63) is 29.6 Å². The zero-order valence-corrected chi connectivity index (χ0v) is 11.5. The molecule has 3 nitrogen and oxygen atoms in total. The number of nitrogens with zero attached hydrogens (tertiary/aromatic N) is 2. The molecule has 1 saturated carbocycles. The van der Waals surface area contributed by atoms with E-state index in [4.69, 9.17) is 11.6 Å². The molecule has 0 aromatic carbocycles. The highest BCUT2D eigenvalue weighted by Gasteiger charge is 2.28. The summed E-state index contributed by atoms with van der Waals surface area (Å²) >= 11 is 5.74. The molecule has 0 radical (unpaired) electrons. The predicted molar refractivity (Wildman–Crippen MR) is 73.0 cm³/mol. The van der Waals surface area contributed by atoms with Crippen molar-refractivity contribution >= 4 is 17.5 Å². The molecule has 1 aliphatic carbocycles. The first kappa shape index (κ1) is 13.3. The zero-order valence-electron chi connectivity index (χ0n) is 10.7. The minimum atomic E-state index is 0.121. The maximum atomic E-state index is 12.5. The second-order valence-electron chi connectivity index (χ2n) is 4.81. The van der Waals surface area contributed by atoms with Crippen LogP contribution < -0.4 is 0 Å². The van der Waals surface area contributed by atoms with Gasteiger partial charge in [0.25, 0.3) is 5.91 Å². The topological polar surface area (TPSA) is 33.2 Å². The summed E-state index contributed by atoms with van der Waals surface area (Å²) in [5.74, 6) is 0.724. The van der Waals surface area contributed by atoms with Gasteiger partial charge in [-0.1, -0.05) is 0 Å². The summed E-state index contributed by atoms with van der Waals surface area (Å²) in [5.41, 5.74) is 1.62. The molecule has 0 saturated heterocycles. The van der Waals surface area contributed by atoms with Crippen LogP contribution in [0.1, 0.15) is 41.7 Å². The molecule has 1 aliphatic rings. The lowest BCUT2D eigenvalue weighted by atomic mass is 9.91. The van der Waals surface area contributed by atoms with Crippen molar-refractivity contribution in [3.8, 4) is 0 Å². The molecule has 4 heteroatoms. The van der Waals surface area contributed by atoms with Crippen LogP contribution in [0.15, 0.2) is 18.3 Å². The van der Waals surface area contributed by atoms with E-state index in [1.54, 1.807) is 12.3 Å². The van der Waals surface area contributed by atoms with Crippen molar-refractivity contribution in [1.29, 1.82) is 0 Å². The Hall–Kier alpha value is -1.09. The van der Waals surface area contributed by atoms with Crippen molar-refractivity contribution in [2.45, 2.75) is 38.6 Å². The summed E-state index contributed by atoms with van der Waals surface area (Å²) in [7, 11) is 0. The van der Waals surface area contributed by atoms with Gasteiger partial charge in [-0.25, -0.2) is 0 Å². The molecule has 98 valence electrons. The molecule has 0 N–H and O–H groups in total. The SMILES string of the molecule is Cc1cc(C(=O)N(CCCCl)C2CCC2)ccn1. The van der Waals surface area contributed by atoms with Gasteiger partial charge < -0.3 is 4.90 Å². The van der Waals surface area contributed by atoms with Crippen molar-refractivity contribution in [3.63, 3.8) is 0 Å². The van der Waals surface area contributed by atoms with E-state index in [2.05, 4.69) is 4.98 Å². The standard InChI is InChI=1S/C14H19ClN2O/c1-11-10-12(6-8-16-11)14(18)17(9-3-7-15)13-4-2-5-13/h6,8,10,13H,2-5,7,9H2,1H3. The number of aromatic nitrogens is 1. The minimum Gasteiger partial charge on any atom is -0.336 e. The number of carbonyl (C=O) groups is 1. The first-order chi connectivity index (χ1) is 8.72. The molecule has 18 heavy (non-hydrogen) atoms. The van der Waals surface area contributed by atoms with Crippen molar-refractivity contribution in [2.24, 2.45) is 0 Å². The molecule has 0 atom stereocenters. The Morgan fingerprint density at radius 1 is 1.56 bits per heavy atom. The fourth-order valence-corrected chi connectivity index (χ4v) is 2.34. The predicted octanol–water partition coefficient (Wildman–Crippen LogP) is 3.01. The van der Waals surface area contributed by atoms with Crippen LogP contribution >= 0.6 is 11.6 Å². The largest absolute Gasteiger partial charge is 0.336 e. The van der Waals surface area contributed by atoms with Crippen LogP contribution in [0, 0.1) is 6.92 Å². The van der Waals surface area contributed by atoms with Crippen LogP contribution in [0.2, 0.25) is 0 Å². The Morgan fingerprint density at radius 3 is 2.89 bits per heavy atom. The van der Waals surface area contributed by atoms with Crippen LogP contribution in [-0.2, 0) is 0 Å². The lowest BCUT2D eigenvalue weighted by molar-refractivity contribution is 0.0580. The van der Waals surface area contributed by atoms with Gasteiger partial charge in [-0.2, -0.15) is 0 Å². The van der Waals surface area contributed by atoms with E-state index in [9.17, 15) is 4.79 Å². The summed E-state index contributed by atoms with van der Waals surface area (Å²) < 4.78 is 0. The maximum absolute atomic E-state index is 12.5. The quantitative estimate of drug-likeness (QED) is 0.768. The van der Waals surface area contributed by atoms with Crippen LogP contribution in [0.4, 0.5) is 0 Å². The number of halogens is 1. The Bertz CT molecular complexity index is 418. The monoisotopic (exact) mass is 266 g/mol. The van der Waals surface area contributed by atoms with Gasteiger partial charge in [0.2, 0.25) is 0 Å². The lowest BCUT2D eigenvalue weighted by Crippen LogP contribution is -2.44. The Balaban J connectivity index is 2.11. The molecule has 0 aliphatic heterocycles. The van der Waals surface area contributed by atoms with Gasteiger partial charge in [-0.05, 0) is 44.7 Å². The number of hydrogen-bond acceptors (Lipinski definition) is 2. The van der Waals surface area contributed by atoms with Crippen LogP contribution in [0.3, 0.4) is 0 Å². The highest BCUT2D eigenvalue weighted by Crippen LogP contribution is 2.26. The first-order valence-corrected chi connectivity index (χ1v) is 7.05. The molecule has 0 bridgehead atoms. The van der Waals surface area contributed by atoms with Gasteiger partial charge in [-0.3, -0.25) is 9.78 Å². The van der Waals surface area contributed by atoms with E-state index in [-0.39, 0.29) is 5.91 Å². The summed E-state index contributed by atoms with van der Waals surface area (Å²) in [4.78, 5) is 18.6. The third-order valence-electron chi connectivity index (χ3n) is 3.45. The van der Waals surface area contributed by atoms with E-state index in [0.717, 1.165) is 37.1 Å². The number of rotatable bonds is 5. The zero-order chi connectivity index (χ0) is 13.0. The molecular formula is C14H19ClN2O. The van der Waals surface area contributed by atoms with E-state index < -0.39 is 0 Å². The first-order valence-electron chi connectivity index (χ1n) is 6.52. The smallest absolute Gasteiger partial charge is 0.254 e. The number of alkyl halides is 1. The van der Waals surface area contributed by atoms with Gasteiger partial charge in [0.15, 0.2) is 0 Å². The van der Waals surface area contributed by atoms with E-state index in [1.807, 2.05) is 17.9 Å². The summed E-state index contributed by atoms with van der Waals surface area (Å²) in [5, 5.41) is 0. The lowest BCUT2D eigenvalue weighted by Gasteiger charge is -2.37. The molecular weight excluding hydrogens is 248 g/mol. The van der Waals surface area contributed by atoms with Crippen molar-refractivity contribution in [2.75, 3.05) is 12.4 Å². The fourth-order valence-electron chi connectivity index (χ4n) is 2.22. The number of carbonyl (C=O) groups excluding carboxylic acids is 1. The number of amides is 1. The van der Waals surface area contributed by atoms with Gasteiger partial charge >= 0.3 is 0 Å². The molecule has 1 fully saturated rings. The summed E-state index contributed by atoms with van der Waals surface area (Å²) in [6.07, 6.45) is 6.03. The van der Waals surface area contributed by atoms with Crippen LogP contribution in [-0.4, -0.2) is 34.3 Å². The average Bonchev–Trinajstić information content (AvgIpc) is 2.31. The second-order valence-corrected chi connectivity index (χ2v) is 5.19. The van der Waals surface area contributed by atoms with E-state index >= 15 is 0 Å². The number of aryl methyl sites for hydroxylation is 1. The van der Waals surface area contributed by atoms with Gasteiger partial charge in [-0.15, -0.1) is 11.6 Å². The number of pyridine rings is 1. The minimum absolute atomic E-state index is 0.121. The normalized spacial score (nSPS) is 15.2. The highest BCUT2D eigenvalue weighted by atomic mass is 35.5.